The maximum Gasteiger partial charge on any atom is 0.244 e. The Kier molecular flexibility index (Phi) is 5.81. The summed E-state index contributed by atoms with van der Waals surface area (Å²) in [5.41, 5.74) is 0.897. The SMILES string of the molecule is Cc1c(Br)cnn1C(C)C(=O)NCCCC(=O)Cl. The van der Waals surface area contributed by atoms with Gasteiger partial charge in [0.1, 0.15) is 6.04 Å². The van der Waals surface area contributed by atoms with Gasteiger partial charge in [0.15, 0.2) is 0 Å². The van der Waals surface area contributed by atoms with Gasteiger partial charge in [-0.3, -0.25) is 14.3 Å². The van der Waals surface area contributed by atoms with E-state index in [9.17, 15) is 9.59 Å². The first kappa shape index (κ1) is 15.2. The fourth-order valence-electron chi connectivity index (χ4n) is 1.49. The lowest BCUT2D eigenvalue weighted by Gasteiger charge is -2.14. The van der Waals surface area contributed by atoms with E-state index in [1.165, 1.54) is 0 Å². The van der Waals surface area contributed by atoms with E-state index in [0.29, 0.717) is 13.0 Å². The summed E-state index contributed by atoms with van der Waals surface area (Å²) < 4.78 is 2.52. The molecule has 1 aromatic rings. The number of carbonyl (C=O) groups excluding carboxylic acids is 2. The van der Waals surface area contributed by atoms with Crippen molar-refractivity contribution >= 4 is 38.7 Å². The fourth-order valence-corrected chi connectivity index (χ4v) is 1.90. The molecule has 0 spiro atoms. The minimum absolute atomic E-state index is 0.129. The molecular formula is C11H15BrClN3O2. The van der Waals surface area contributed by atoms with Gasteiger partial charge in [0, 0.05) is 13.0 Å². The topological polar surface area (TPSA) is 64.0 Å². The maximum atomic E-state index is 11.8. The average Bonchev–Trinajstić information content (AvgIpc) is 2.64. The molecule has 0 saturated carbocycles. The summed E-state index contributed by atoms with van der Waals surface area (Å²) in [5, 5.41) is 6.49. The summed E-state index contributed by atoms with van der Waals surface area (Å²) in [6.45, 7) is 4.09. The molecule has 1 heterocycles. The average molecular weight is 337 g/mol. The Balaban J connectivity index is 2.47. The third-order valence-electron chi connectivity index (χ3n) is 2.58. The Morgan fingerprint density at radius 3 is 2.78 bits per heavy atom. The Bertz CT molecular complexity index is 447. The van der Waals surface area contributed by atoms with Gasteiger partial charge in [0.2, 0.25) is 11.1 Å². The normalized spacial score (nSPS) is 12.2. The van der Waals surface area contributed by atoms with E-state index in [4.69, 9.17) is 11.6 Å². The first-order valence-corrected chi connectivity index (χ1v) is 6.76. The highest BCUT2D eigenvalue weighted by Gasteiger charge is 2.17. The van der Waals surface area contributed by atoms with Gasteiger partial charge in [0.05, 0.1) is 16.4 Å². The van der Waals surface area contributed by atoms with Gasteiger partial charge in [0.25, 0.3) is 0 Å². The third kappa shape index (κ3) is 4.10. The number of hydrogen-bond donors (Lipinski definition) is 1. The molecule has 0 aromatic carbocycles. The smallest absolute Gasteiger partial charge is 0.244 e. The number of nitrogens with zero attached hydrogens (tertiary/aromatic N) is 2. The van der Waals surface area contributed by atoms with Crippen LogP contribution < -0.4 is 5.32 Å². The Labute approximate surface area is 119 Å². The van der Waals surface area contributed by atoms with Crippen LogP contribution in [0.15, 0.2) is 10.7 Å². The highest BCUT2D eigenvalue weighted by atomic mass is 79.9. The van der Waals surface area contributed by atoms with Crippen LogP contribution in [-0.4, -0.2) is 27.5 Å². The van der Waals surface area contributed by atoms with E-state index >= 15 is 0 Å². The molecule has 1 aromatic heterocycles. The molecule has 0 fully saturated rings. The van der Waals surface area contributed by atoms with Crippen LogP contribution in [-0.2, 0) is 9.59 Å². The van der Waals surface area contributed by atoms with Crippen molar-refractivity contribution < 1.29 is 9.59 Å². The van der Waals surface area contributed by atoms with Crippen LogP contribution in [0.25, 0.3) is 0 Å². The van der Waals surface area contributed by atoms with Crippen molar-refractivity contribution in [3.8, 4) is 0 Å². The van der Waals surface area contributed by atoms with Crippen molar-refractivity contribution in [2.45, 2.75) is 32.7 Å². The van der Waals surface area contributed by atoms with E-state index in [0.717, 1.165) is 10.2 Å². The van der Waals surface area contributed by atoms with E-state index in [-0.39, 0.29) is 23.6 Å². The molecule has 5 nitrogen and oxygen atoms in total. The molecular weight excluding hydrogens is 321 g/mol. The maximum absolute atomic E-state index is 11.8. The Morgan fingerprint density at radius 2 is 2.28 bits per heavy atom. The standard InChI is InChI=1S/C11H15BrClN3O2/c1-7-9(12)6-15-16(7)8(2)11(18)14-5-3-4-10(13)17/h6,8H,3-5H2,1-2H3,(H,14,18). The van der Waals surface area contributed by atoms with Crippen molar-refractivity contribution in [3.63, 3.8) is 0 Å². The zero-order chi connectivity index (χ0) is 13.7. The minimum atomic E-state index is -0.386. The number of amides is 1. The largest absolute Gasteiger partial charge is 0.354 e. The van der Waals surface area contributed by atoms with Crippen LogP contribution in [0.2, 0.25) is 0 Å². The highest BCUT2D eigenvalue weighted by Crippen LogP contribution is 2.18. The van der Waals surface area contributed by atoms with Crippen molar-refractivity contribution in [1.82, 2.24) is 15.1 Å². The Hall–Kier alpha value is -0.880. The third-order valence-corrected chi connectivity index (χ3v) is 3.55. The molecule has 0 saturated heterocycles. The Morgan fingerprint density at radius 1 is 1.61 bits per heavy atom. The van der Waals surface area contributed by atoms with Gasteiger partial charge in [-0.15, -0.1) is 0 Å². The minimum Gasteiger partial charge on any atom is -0.354 e. The van der Waals surface area contributed by atoms with Crippen molar-refractivity contribution in [1.29, 1.82) is 0 Å². The number of aromatic nitrogens is 2. The quantitative estimate of drug-likeness (QED) is 0.639. The fraction of sp³-hybridized carbons (Fsp3) is 0.545. The number of hydrogen-bond acceptors (Lipinski definition) is 3. The van der Waals surface area contributed by atoms with Crippen LogP contribution in [0.1, 0.15) is 31.5 Å². The zero-order valence-corrected chi connectivity index (χ0v) is 12.6. The first-order chi connectivity index (χ1) is 8.43. The molecule has 1 atom stereocenters. The molecule has 1 amide bonds. The molecule has 0 aliphatic heterocycles. The predicted molar refractivity (Wildman–Crippen MR) is 72.5 cm³/mol. The molecule has 0 bridgehead atoms. The van der Waals surface area contributed by atoms with E-state index < -0.39 is 0 Å². The molecule has 0 aliphatic carbocycles. The van der Waals surface area contributed by atoms with E-state index in [1.807, 2.05) is 6.92 Å². The lowest BCUT2D eigenvalue weighted by molar-refractivity contribution is -0.124. The van der Waals surface area contributed by atoms with E-state index in [1.54, 1.807) is 17.8 Å². The molecule has 18 heavy (non-hydrogen) atoms. The van der Waals surface area contributed by atoms with Crippen LogP contribution >= 0.6 is 27.5 Å². The molecule has 1 rings (SSSR count). The summed E-state index contributed by atoms with van der Waals surface area (Å²) in [7, 11) is 0. The predicted octanol–water partition coefficient (Wildman–Crippen LogP) is 2.18. The van der Waals surface area contributed by atoms with Gasteiger partial charge in [-0.2, -0.15) is 5.10 Å². The van der Waals surface area contributed by atoms with Gasteiger partial charge in [-0.1, -0.05) is 0 Å². The van der Waals surface area contributed by atoms with Gasteiger partial charge < -0.3 is 5.32 Å². The summed E-state index contributed by atoms with van der Waals surface area (Å²) >= 11 is 8.55. The lowest BCUT2D eigenvalue weighted by atomic mass is 10.3. The molecule has 0 radical (unpaired) electrons. The first-order valence-electron chi connectivity index (χ1n) is 5.59. The van der Waals surface area contributed by atoms with E-state index in [2.05, 4.69) is 26.3 Å². The summed E-state index contributed by atoms with van der Waals surface area (Å²) in [5.74, 6) is -0.129. The second kappa shape index (κ2) is 6.89. The molecule has 100 valence electrons. The van der Waals surface area contributed by atoms with Crippen LogP contribution in [0, 0.1) is 6.92 Å². The molecule has 1 unspecified atom stereocenters. The second-order valence-electron chi connectivity index (χ2n) is 3.95. The molecule has 0 aliphatic rings. The van der Waals surface area contributed by atoms with Gasteiger partial charge >= 0.3 is 0 Å². The summed E-state index contributed by atoms with van der Waals surface area (Å²) in [6, 6.07) is -0.386. The molecule has 1 N–H and O–H groups in total. The summed E-state index contributed by atoms with van der Waals surface area (Å²) in [6.07, 6.45) is 2.47. The number of carbonyl (C=O) groups is 2. The van der Waals surface area contributed by atoms with Gasteiger partial charge in [-0.05, 0) is 47.8 Å². The monoisotopic (exact) mass is 335 g/mol. The summed E-state index contributed by atoms with van der Waals surface area (Å²) in [4.78, 5) is 22.4. The number of rotatable bonds is 6. The highest BCUT2D eigenvalue weighted by molar-refractivity contribution is 9.10. The van der Waals surface area contributed by atoms with Crippen LogP contribution in [0.5, 0.6) is 0 Å². The number of nitrogens with one attached hydrogen (secondary N) is 1. The second-order valence-corrected chi connectivity index (χ2v) is 5.22. The van der Waals surface area contributed by atoms with Crippen molar-refractivity contribution in [2.75, 3.05) is 6.54 Å². The zero-order valence-electron chi connectivity index (χ0n) is 10.2. The van der Waals surface area contributed by atoms with Crippen LogP contribution in [0.4, 0.5) is 0 Å². The van der Waals surface area contributed by atoms with Crippen molar-refractivity contribution in [2.24, 2.45) is 0 Å². The van der Waals surface area contributed by atoms with Gasteiger partial charge in [-0.25, -0.2) is 0 Å². The number of halogens is 2. The van der Waals surface area contributed by atoms with Crippen molar-refractivity contribution in [3.05, 3.63) is 16.4 Å². The van der Waals surface area contributed by atoms with Crippen LogP contribution in [0.3, 0.4) is 0 Å². The lowest BCUT2D eigenvalue weighted by Crippen LogP contribution is -2.32. The molecule has 7 heteroatoms.